The van der Waals surface area contributed by atoms with Crippen LogP contribution in [0.15, 0.2) is 18.3 Å². The Morgan fingerprint density at radius 2 is 2.36 bits per heavy atom. The molecule has 1 heterocycles. The number of nitrogens with two attached hydrogens (primary N) is 2. The van der Waals surface area contributed by atoms with Crippen LogP contribution in [0.25, 0.3) is 0 Å². The van der Waals surface area contributed by atoms with Crippen LogP contribution in [0, 0.1) is 0 Å². The fourth-order valence-electron chi connectivity index (χ4n) is 1.24. The molecule has 0 saturated carbocycles. The summed E-state index contributed by atoms with van der Waals surface area (Å²) in [5.41, 5.74) is 11.9. The molecule has 4 nitrogen and oxygen atoms in total. The number of rotatable bonds is 4. The molecule has 1 atom stereocenters. The van der Waals surface area contributed by atoms with Crippen LogP contribution in [0.3, 0.4) is 0 Å². The molecule has 0 aliphatic heterocycles. The van der Waals surface area contributed by atoms with E-state index in [2.05, 4.69) is 4.98 Å². The van der Waals surface area contributed by atoms with E-state index < -0.39 is 0 Å². The second kappa shape index (κ2) is 4.72. The molecule has 0 aliphatic rings. The molecule has 0 amide bonds. The number of carbonyl (C=O) groups excluding carboxylic acids is 1. The molecule has 1 aromatic heterocycles. The van der Waals surface area contributed by atoms with Crippen LogP contribution >= 0.6 is 0 Å². The number of hydrogen-bond acceptors (Lipinski definition) is 4. The molecule has 0 aromatic carbocycles. The summed E-state index contributed by atoms with van der Waals surface area (Å²) < 4.78 is 0. The molecule has 4 N–H and O–H groups in total. The van der Waals surface area contributed by atoms with Crippen LogP contribution in [0.5, 0.6) is 0 Å². The van der Waals surface area contributed by atoms with Gasteiger partial charge in [-0.3, -0.25) is 4.79 Å². The van der Waals surface area contributed by atoms with Gasteiger partial charge in [0.1, 0.15) is 11.6 Å². The summed E-state index contributed by atoms with van der Waals surface area (Å²) in [5.74, 6) is 0.519. The summed E-state index contributed by atoms with van der Waals surface area (Å²) in [6, 6.07) is 3.48. The third-order valence-corrected chi connectivity index (χ3v) is 1.86. The lowest BCUT2D eigenvalue weighted by atomic mass is 10.1. The quantitative estimate of drug-likeness (QED) is 0.730. The molecule has 1 aromatic rings. The molecule has 14 heavy (non-hydrogen) atoms. The second-order valence-electron chi connectivity index (χ2n) is 3.44. The molecule has 0 fully saturated rings. The Labute approximate surface area is 83.3 Å². The highest BCUT2D eigenvalue weighted by Gasteiger charge is 2.08. The minimum atomic E-state index is -0.0969. The van der Waals surface area contributed by atoms with Crippen LogP contribution in [0.2, 0.25) is 0 Å². The highest BCUT2D eigenvalue weighted by molar-refractivity contribution is 5.82. The van der Waals surface area contributed by atoms with E-state index in [1.807, 2.05) is 6.92 Å². The molecule has 1 unspecified atom stereocenters. The molecular formula is C10H15N3O. The zero-order chi connectivity index (χ0) is 10.6. The van der Waals surface area contributed by atoms with Crippen molar-refractivity contribution in [1.82, 2.24) is 4.98 Å². The molecule has 1 rings (SSSR count). The summed E-state index contributed by atoms with van der Waals surface area (Å²) in [4.78, 5) is 15.3. The van der Waals surface area contributed by atoms with E-state index in [0.29, 0.717) is 18.7 Å². The van der Waals surface area contributed by atoms with E-state index in [1.165, 1.54) is 0 Å². The number of pyridine rings is 1. The van der Waals surface area contributed by atoms with Crippen molar-refractivity contribution >= 4 is 11.6 Å². The number of aromatic nitrogens is 1. The number of Topliss-reactive ketones (excluding diaryl/α,β-unsaturated/α-hetero) is 1. The van der Waals surface area contributed by atoms with Crippen LogP contribution in [-0.4, -0.2) is 16.8 Å². The SMILES string of the molecule is CC(N)CC(=O)Cc1cccnc1N. The Morgan fingerprint density at radius 3 is 2.93 bits per heavy atom. The first-order valence-electron chi connectivity index (χ1n) is 4.56. The van der Waals surface area contributed by atoms with Gasteiger partial charge in [-0.25, -0.2) is 4.98 Å². The summed E-state index contributed by atoms with van der Waals surface area (Å²) >= 11 is 0. The molecule has 76 valence electrons. The Hall–Kier alpha value is -1.42. The van der Waals surface area contributed by atoms with Gasteiger partial charge in [-0.2, -0.15) is 0 Å². The first-order chi connectivity index (χ1) is 6.59. The van der Waals surface area contributed by atoms with Crippen molar-refractivity contribution in [2.45, 2.75) is 25.8 Å². The maximum absolute atomic E-state index is 11.4. The fraction of sp³-hybridized carbons (Fsp3) is 0.400. The van der Waals surface area contributed by atoms with E-state index in [0.717, 1.165) is 5.56 Å². The maximum Gasteiger partial charge on any atom is 0.138 e. The van der Waals surface area contributed by atoms with Gasteiger partial charge in [-0.1, -0.05) is 6.07 Å². The summed E-state index contributed by atoms with van der Waals surface area (Å²) in [7, 11) is 0. The average Bonchev–Trinajstić information content (AvgIpc) is 2.07. The number of hydrogen-bond donors (Lipinski definition) is 2. The van der Waals surface area contributed by atoms with Gasteiger partial charge in [0.05, 0.1) is 0 Å². The molecular weight excluding hydrogens is 178 g/mol. The first kappa shape index (κ1) is 10.7. The maximum atomic E-state index is 11.4. The average molecular weight is 193 g/mol. The van der Waals surface area contributed by atoms with Gasteiger partial charge >= 0.3 is 0 Å². The zero-order valence-corrected chi connectivity index (χ0v) is 8.23. The van der Waals surface area contributed by atoms with Crippen molar-refractivity contribution in [3.05, 3.63) is 23.9 Å². The Bertz CT molecular complexity index is 323. The fourth-order valence-corrected chi connectivity index (χ4v) is 1.24. The van der Waals surface area contributed by atoms with Crippen molar-refractivity contribution in [3.8, 4) is 0 Å². The number of nitrogen functional groups attached to an aromatic ring is 1. The summed E-state index contributed by atoms with van der Waals surface area (Å²) in [6.45, 7) is 1.81. The number of anilines is 1. The first-order valence-corrected chi connectivity index (χ1v) is 4.56. The summed E-state index contributed by atoms with van der Waals surface area (Å²) in [6.07, 6.45) is 2.31. The van der Waals surface area contributed by atoms with Gasteiger partial charge in [0.25, 0.3) is 0 Å². The third-order valence-electron chi connectivity index (χ3n) is 1.86. The topological polar surface area (TPSA) is 82.0 Å². The van der Waals surface area contributed by atoms with Gasteiger partial charge in [0.2, 0.25) is 0 Å². The predicted octanol–water partition coefficient (Wildman–Crippen LogP) is 0.513. The standard InChI is InChI=1S/C10H15N3O/c1-7(11)5-9(14)6-8-3-2-4-13-10(8)12/h2-4,7H,5-6,11H2,1H3,(H2,12,13). The van der Waals surface area contributed by atoms with Gasteiger partial charge in [0.15, 0.2) is 0 Å². The third kappa shape index (κ3) is 3.14. The van der Waals surface area contributed by atoms with Crippen molar-refractivity contribution in [1.29, 1.82) is 0 Å². The molecule has 4 heteroatoms. The van der Waals surface area contributed by atoms with Crippen molar-refractivity contribution in [3.63, 3.8) is 0 Å². The Balaban J connectivity index is 2.61. The molecule has 0 radical (unpaired) electrons. The van der Waals surface area contributed by atoms with Crippen molar-refractivity contribution in [2.24, 2.45) is 5.73 Å². The van der Waals surface area contributed by atoms with Gasteiger partial charge in [0, 0.05) is 30.6 Å². The Kier molecular flexibility index (Phi) is 3.59. The smallest absolute Gasteiger partial charge is 0.138 e. The van der Waals surface area contributed by atoms with Crippen LogP contribution in [-0.2, 0) is 11.2 Å². The number of nitrogens with zero attached hydrogens (tertiary/aromatic N) is 1. The van der Waals surface area contributed by atoms with Crippen molar-refractivity contribution < 1.29 is 4.79 Å². The Morgan fingerprint density at radius 1 is 1.64 bits per heavy atom. The largest absolute Gasteiger partial charge is 0.383 e. The van der Waals surface area contributed by atoms with E-state index in [4.69, 9.17) is 11.5 Å². The minimum absolute atomic E-state index is 0.0969. The van der Waals surface area contributed by atoms with Crippen LogP contribution in [0.4, 0.5) is 5.82 Å². The highest BCUT2D eigenvalue weighted by Crippen LogP contribution is 2.09. The van der Waals surface area contributed by atoms with E-state index in [-0.39, 0.29) is 11.8 Å². The molecule has 0 aliphatic carbocycles. The monoisotopic (exact) mass is 193 g/mol. The van der Waals surface area contributed by atoms with Gasteiger partial charge in [-0.15, -0.1) is 0 Å². The lowest BCUT2D eigenvalue weighted by molar-refractivity contribution is -0.118. The second-order valence-corrected chi connectivity index (χ2v) is 3.44. The number of carbonyl (C=O) groups is 1. The molecule has 0 bridgehead atoms. The minimum Gasteiger partial charge on any atom is -0.383 e. The normalized spacial score (nSPS) is 12.4. The zero-order valence-electron chi connectivity index (χ0n) is 8.23. The highest BCUT2D eigenvalue weighted by atomic mass is 16.1. The van der Waals surface area contributed by atoms with Gasteiger partial charge < -0.3 is 11.5 Å². The van der Waals surface area contributed by atoms with Crippen molar-refractivity contribution in [2.75, 3.05) is 5.73 Å². The lowest BCUT2D eigenvalue weighted by Gasteiger charge is -2.05. The van der Waals surface area contributed by atoms with Gasteiger partial charge in [-0.05, 0) is 13.0 Å². The van der Waals surface area contributed by atoms with E-state index in [1.54, 1.807) is 18.3 Å². The van der Waals surface area contributed by atoms with E-state index >= 15 is 0 Å². The predicted molar refractivity (Wildman–Crippen MR) is 55.6 cm³/mol. The summed E-state index contributed by atoms with van der Waals surface area (Å²) in [5, 5.41) is 0. The molecule has 0 saturated heterocycles. The number of ketones is 1. The van der Waals surface area contributed by atoms with Crippen LogP contribution in [0.1, 0.15) is 18.9 Å². The van der Waals surface area contributed by atoms with Crippen LogP contribution < -0.4 is 11.5 Å². The van der Waals surface area contributed by atoms with E-state index in [9.17, 15) is 4.79 Å². The lowest BCUT2D eigenvalue weighted by Crippen LogP contribution is -2.21. The molecule has 0 spiro atoms.